The normalized spacial score (nSPS) is 24.3. The number of carbonyl (C=O) groups excluding carboxylic acids is 3. The molecule has 2 aliphatic heterocycles. The highest BCUT2D eigenvalue weighted by molar-refractivity contribution is 8.01. The molecule has 1 aromatic rings. The summed E-state index contributed by atoms with van der Waals surface area (Å²) in [5.74, 6) is -1.00. The number of hydrogen-bond donors (Lipinski definition) is 1. The third kappa shape index (κ3) is 3.36. The molecule has 2 fully saturated rings. The summed E-state index contributed by atoms with van der Waals surface area (Å²) in [5.41, 5.74) is -0.227. The first kappa shape index (κ1) is 18.2. The number of nitro benzene ring substituents is 1. The lowest BCUT2D eigenvalue weighted by Crippen LogP contribution is -2.47. The van der Waals surface area contributed by atoms with Crippen LogP contribution in [0.15, 0.2) is 24.3 Å². The molecular weight excluding hydrogens is 362 g/mol. The molecule has 2 atom stereocenters. The fourth-order valence-corrected chi connectivity index (χ4v) is 4.57. The van der Waals surface area contributed by atoms with Crippen molar-refractivity contribution < 1.29 is 24.0 Å². The summed E-state index contributed by atoms with van der Waals surface area (Å²) < 4.78 is 5.03. The zero-order chi connectivity index (χ0) is 18.9. The van der Waals surface area contributed by atoms with E-state index in [-0.39, 0.29) is 17.3 Å². The van der Waals surface area contributed by atoms with Crippen LogP contribution >= 0.6 is 11.8 Å². The number of para-hydroxylation sites is 2. The van der Waals surface area contributed by atoms with Crippen molar-refractivity contribution in [1.29, 1.82) is 0 Å². The minimum atomic E-state index is -0.709. The molecule has 3 rings (SSSR count). The van der Waals surface area contributed by atoms with Gasteiger partial charge in [0.2, 0.25) is 5.91 Å². The van der Waals surface area contributed by atoms with Gasteiger partial charge in [0.1, 0.15) is 11.7 Å². The number of ether oxygens (including phenoxy) is 1. The van der Waals surface area contributed by atoms with Gasteiger partial charge in [0.15, 0.2) is 6.61 Å². The van der Waals surface area contributed by atoms with Crippen molar-refractivity contribution >= 4 is 40.9 Å². The van der Waals surface area contributed by atoms with E-state index in [1.807, 2.05) is 6.92 Å². The Kier molecular flexibility index (Phi) is 4.86. The van der Waals surface area contributed by atoms with Crippen molar-refractivity contribution in [3.05, 3.63) is 34.4 Å². The molecule has 10 heteroatoms. The molecular formula is C16H17N3O6S. The van der Waals surface area contributed by atoms with Crippen LogP contribution in [0, 0.1) is 10.1 Å². The maximum atomic E-state index is 12.3. The van der Waals surface area contributed by atoms with Crippen LogP contribution in [0.3, 0.4) is 0 Å². The van der Waals surface area contributed by atoms with Gasteiger partial charge in [-0.3, -0.25) is 19.7 Å². The largest absolute Gasteiger partial charge is 0.454 e. The van der Waals surface area contributed by atoms with Crippen LogP contribution in [0.1, 0.15) is 19.8 Å². The molecule has 2 saturated heterocycles. The fraction of sp³-hybridized carbons (Fsp3) is 0.438. The average molecular weight is 379 g/mol. The van der Waals surface area contributed by atoms with Crippen LogP contribution in [0.5, 0.6) is 0 Å². The predicted octanol–water partition coefficient (Wildman–Crippen LogP) is 1.53. The van der Waals surface area contributed by atoms with Crippen molar-refractivity contribution in [2.24, 2.45) is 0 Å². The van der Waals surface area contributed by atoms with E-state index >= 15 is 0 Å². The van der Waals surface area contributed by atoms with Gasteiger partial charge >= 0.3 is 5.97 Å². The molecule has 0 unspecified atom stereocenters. The van der Waals surface area contributed by atoms with Gasteiger partial charge in [-0.25, -0.2) is 4.79 Å². The Balaban J connectivity index is 1.58. The van der Waals surface area contributed by atoms with Crippen molar-refractivity contribution in [3.8, 4) is 0 Å². The Morgan fingerprint density at radius 2 is 2.19 bits per heavy atom. The Morgan fingerprint density at radius 1 is 1.46 bits per heavy atom. The summed E-state index contributed by atoms with van der Waals surface area (Å²) in [6, 6.07) is 4.97. The van der Waals surface area contributed by atoms with Gasteiger partial charge in [-0.2, -0.15) is 0 Å². The Hall–Kier alpha value is -2.62. The van der Waals surface area contributed by atoms with Crippen LogP contribution in [-0.4, -0.2) is 50.9 Å². The molecule has 1 aromatic carbocycles. The molecule has 0 aromatic heterocycles. The van der Waals surface area contributed by atoms with Gasteiger partial charge in [0.25, 0.3) is 11.6 Å². The second-order valence-electron chi connectivity index (χ2n) is 6.20. The van der Waals surface area contributed by atoms with Crippen LogP contribution in [0.25, 0.3) is 0 Å². The molecule has 0 bridgehead atoms. The SMILES string of the molecule is C[C@]12CCC(=O)N1[C@@H](C(=O)OCC(=O)Nc1ccccc1[N+](=O)[O-])CS2. The number of thioether (sulfide) groups is 1. The van der Waals surface area contributed by atoms with Crippen LogP contribution in [-0.2, 0) is 19.1 Å². The van der Waals surface area contributed by atoms with Crippen molar-refractivity contribution in [3.63, 3.8) is 0 Å². The topological polar surface area (TPSA) is 119 Å². The number of nitro groups is 1. The van der Waals surface area contributed by atoms with Gasteiger partial charge < -0.3 is 15.0 Å². The number of nitrogens with one attached hydrogen (secondary N) is 1. The van der Waals surface area contributed by atoms with E-state index in [0.717, 1.165) is 0 Å². The van der Waals surface area contributed by atoms with E-state index in [4.69, 9.17) is 4.74 Å². The number of hydrogen-bond acceptors (Lipinski definition) is 7. The van der Waals surface area contributed by atoms with E-state index in [0.29, 0.717) is 18.6 Å². The fourth-order valence-electron chi connectivity index (χ4n) is 3.15. The molecule has 138 valence electrons. The van der Waals surface area contributed by atoms with Gasteiger partial charge in [-0.05, 0) is 19.4 Å². The zero-order valence-corrected chi connectivity index (χ0v) is 14.8. The summed E-state index contributed by atoms with van der Waals surface area (Å²) in [6.07, 6.45) is 1.07. The summed E-state index contributed by atoms with van der Waals surface area (Å²) in [7, 11) is 0. The highest BCUT2D eigenvalue weighted by atomic mass is 32.2. The Labute approximate surface area is 153 Å². The smallest absolute Gasteiger partial charge is 0.330 e. The first-order valence-corrected chi connectivity index (χ1v) is 8.96. The minimum absolute atomic E-state index is 0.0252. The Morgan fingerprint density at radius 3 is 2.92 bits per heavy atom. The molecule has 2 heterocycles. The van der Waals surface area contributed by atoms with Crippen molar-refractivity contribution in [2.45, 2.75) is 30.7 Å². The van der Waals surface area contributed by atoms with Crippen molar-refractivity contribution in [1.82, 2.24) is 4.90 Å². The van der Waals surface area contributed by atoms with Crippen LogP contribution < -0.4 is 5.32 Å². The molecule has 9 nitrogen and oxygen atoms in total. The number of esters is 1. The van der Waals surface area contributed by atoms with E-state index < -0.39 is 34.3 Å². The highest BCUT2D eigenvalue weighted by Crippen LogP contribution is 2.47. The molecule has 2 amide bonds. The lowest BCUT2D eigenvalue weighted by atomic mass is 10.2. The standard InChI is InChI=1S/C16H17N3O6S/c1-16-7-6-14(21)18(16)12(9-26-16)15(22)25-8-13(20)17-10-4-2-3-5-11(10)19(23)24/h2-5,12H,6-9H2,1H3,(H,17,20)/t12-,16+/m1/s1. The molecule has 0 saturated carbocycles. The molecule has 0 spiro atoms. The second-order valence-corrected chi connectivity index (χ2v) is 7.70. The maximum absolute atomic E-state index is 12.3. The maximum Gasteiger partial charge on any atom is 0.330 e. The summed E-state index contributed by atoms with van der Waals surface area (Å²) in [5, 5.41) is 13.3. The predicted molar refractivity (Wildman–Crippen MR) is 93.4 cm³/mol. The van der Waals surface area contributed by atoms with E-state index in [1.54, 1.807) is 11.0 Å². The third-order valence-electron chi connectivity index (χ3n) is 4.44. The number of anilines is 1. The van der Waals surface area contributed by atoms with Crippen molar-refractivity contribution in [2.75, 3.05) is 17.7 Å². The number of benzene rings is 1. The quantitative estimate of drug-likeness (QED) is 0.468. The average Bonchev–Trinajstić information content (AvgIpc) is 3.09. The molecule has 0 radical (unpaired) electrons. The molecule has 0 aliphatic carbocycles. The summed E-state index contributed by atoms with van der Waals surface area (Å²) in [6.45, 7) is 1.34. The van der Waals surface area contributed by atoms with E-state index in [9.17, 15) is 24.5 Å². The lowest BCUT2D eigenvalue weighted by molar-refractivity contribution is -0.383. The first-order chi connectivity index (χ1) is 12.3. The number of amides is 2. The lowest BCUT2D eigenvalue weighted by Gasteiger charge is -2.29. The van der Waals surface area contributed by atoms with Gasteiger partial charge in [-0.15, -0.1) is 11.8 Å². The molecule has 2 aliphatic rings. The monoisotopic (exact) mass is 379 g/mol. The number of carbonyl (C=O) groups is 3. The zero-order valence-electron chi connectivity index (χ0n) is 14.0. The van der Waals surface area contributed by atoms with Gasteiger partial charge in [-0.1, -0.05) is 12.1 Å². The van der Waals surface area contributed by atoms with E-state index in [2.05, 4.69) is 5.32 Å². The number of fused-ring (bicyclic) bond motifs is 1. The van der Waals surface area contributed by atoms with Gasteiger partial charge in [0.05, 0.1) is 9.79 Å². The second kappa shape index (κ2) is 6.94. The summed E-state index contributed by atoms with van der Waals surface area (Å²) in [4.78, 5) is 47.7. The minimum Gasteiger partial charge on any atom is -0.454 e. The highest BCUT2D eigenvalue weighted by Gasteiger charge is 2.53. The van der Waals surface area contributed by atoms with Crippen LogP contribution in [0.2, 0.25) is 0 Å². The molecule has 26 heavy (non-hydrogen) atoms. The van der Waals surface area contributed by atoms with Gasteiger partial charge in [0, 0.05) is 18.2 Å². The third-order valence-corrected chi connectivity index (χ3v) is 5.94. The summed E-state index contributed by atoms with van der Waals surface area (Å²) >= 11 is 1.53. The number of rotatable bonds is 5. The Bertz CT molecular complexity index is 785. The first-order valence-electron chi connectivity index (χ1n) is 7.98. The van der Waals surface area contributed by atoms with E-state index in [1.165, 1.54) is 30.0 Å². The van der Waals surface area contributed by atoms with Crippen LogP contribution in [0.4, 0.5) is 11.4 Å². The number of nitrogens with zero attached hydrogens (tertiary/aromatic N) is 2. The molecule has 1 N–H and O–H groups in total.